The van der Waals surface area contributed by atoms with Gasteiger partial charge in [0.05, 0.1) is 50.3 Å². The van der Waals surface area contributed by atoms with E-state index in [1.807, 2.05) is 13.8 Å². The average molecular weight is 1230 g/mol. The topological polar surface area (TPSA) is 433 Å². The van der Waals surface area contributed by atoms with Crippen LogP contribution in [0.2, 0.25) is 0 Å². The molecule has 9 rings (SSSR count). The largest absolute Gasteiger partial charge is 0.396 e. The van der Waals surface area contributed by atoms with Crippen LogP contribution in [0.4, 0.5) is 0 Å². The second-order valence-corrected chi connectivity index (χ2v) is 27.6. The van der Waals surface area contributed by atoms with Gasteiger partial charge < -0.3 is 129 Å². The molecule has 0 aromatic rings. The van der Waals surface area contributed by atoms with Gasteiger partial charge >= 0.3 is 0 Å². The molecule has 27 nitrogen and oxygen atoms in total. The maximum absolute atomic E-state index is 14.8. The number of Topliss-reactive ketones (excluding diaryl/α,β-unsaturated/α-hetero) is 1. The van der Waals surface area contributed by atoms with E-state index in [-0.39, 0.29) is 37.1 Å². The predicted molar refractivity (Wildman–Crippen MR) is 287 cm³/mol. The third-order valence-electron chi connectivity index (χ3n) is 21.7. The summed E-state index contributed by atoms with van der Waals surface area (Å²) in [4.78, 5) is 14.8. The number of ketones is 1. The highest BCUT2D eigenvalue weighted by molar-refractivity contribution is 5.86. The first-order valence-corrected chi connectivity index (χ1v) is 30.2. The van der Waals surface area contributed by atoms with Crippen molar-refractivity contribution in [3.63, 3.8) is 0 Å². The minimum atomic E-state index is -1.93. The number of carbonyl (C=O) groups excluding carboxylic acids is 1. The molecule has 16 N–H and O–H groups in total. The van der Waals surface area contributed by atoms with E-state index in [9.17, 15) is 86.5 Å². The van der Waals surface area contributed by atoms with Gasteiger partial charge in [-0.15, -0.1) is 0 Å². The lowest BCUT2D eigenvalue weighted by molar-refractivity contribution is -0.398. The Morgan fingerprint density at radius 2 is 1.19 bits per heavy atom. The average Bonchev–Trinajstić information content (AvgIpc) is 1.67. The number of ether oxygens (including phenoxy) is 10. The summed E-state index contributed by atoms with van der Waals surface area (Å²) >= 11 is 0. The van der Waals surface area contributed by atoms with Gasteiger partial charge in [-0.1, -0.05) is 39.3 Å². The van der Waals surface area contributed by atoms with E-state index in [4.69, 9.17) is 47.4 Å². The minimum absolute atomic E-state index is 0.0188. The van der Waals surface area contributed by atoms with Gasteiger partial charge in [-0.05, 0) is 100 Å². The van der Waals surface area contributed by atoms with Crippen LogP contribution < -0.4 is 0 Å². The van der Waals surface area contributed by atoms with Gasteiger partial charge in [0, 0.05) is 30.8 Å². The molecule has 9 aliphatic rings. The van der Waals surface area contributed by atoms with Crippen LogP contribution in [0, 0.1) is 45.3 Å². The number of hydrogen-bond donors (Lipinski definition) is 16. The van der Waals surface area contributed by atoms with Crippen molar-refractivity contribution in [1.29, 1.82) is 0 Å². The highest BCUT2D eigenvalue weighted by Gasteiger charge is 2.73. The lowest BCUT2D eigenvalue weighted by Crippen LogP contribution is -2.67. The van der Waals surface area contributed by atoms with Crippen LogP contribution in [-0.2, 0) is 52.2 Å². The lowest BCUT2D eigenvalue weighted by Gasteiger charge is -2.70. The maximum Gasteiger partial charge on any atom is 0.187 e. The third-order valence-corrected chi connectivity index (χ3v) is 21.7. The molecule has 5 heterocycles. The third kappa shape index (κ3) is 12.1. The van der Waals surface area contributed by atoms with Gasteiger partial charge in [-0.3, -0.25) is 4.79 Å². The molecule has 4 aliphatic carbocycles. The first kappa shape index (κ1) is 67.8. The van der Waals surface area contributed by atoms with E-state index < -0.39 is 219 Å². The first-order chi connectivity index (χ1) is 39.8. The summed E-state index contributed by atoms with van der Waals surface area (Å²) in [6.45, 7) is 12.5. The molecule has 490 valence electrons. The molecule has 0 aromatic carbocycles. The summed E-state index contributed by atoms with van der Waals surface area (Å²) in [5, 5.41) is 175. The van der Waals surface area contributed by atoms with Crippen molar-refractivity contribution in [2.24, 2.45) is 45.3 Å². The van der Waals surface area contributed by atoms with Crippen LogP contribution in [-0.4, -0.2) is 280 Å². The minimum Gasteiger partial charge on any atom is -0.396 e. The van der Waals surface area contributed by atoms with Crippen molar-refractivity contribution < 1.29 is 134 Å². The standard InChI is InChI=1S/C58H96O27/c1-23(2)15-25(79-51-45(74)41(70)38(67)30(18-59)80-51)16-57(8,75)35-26-9-10-33-55(6)13-12-34(54(4,5)32(55)11-14-56(33,7)58(26,22-61)17-27(35)62)82-52-48(85-50-44(73)40(69)36(65)24(3)78-50)46(29(64)21-77-52)83-53-47(42(71)39(68)31(19-60)81-53)84-49-43(72)37(66)28(63)20-76-49/h15,24-26,28-53,59-61,63-75H,9-14,16-22H2,1-8H3. The van der Waals surface area contributed by atoms with E-state index in [2.05, 4.69) is 27.7 Å². The van der Waals surface area contributed by atoms with Crippen LogP contribution in [0.5, 0.6) is 0 Å². The van der Waals surface area contributed by atoms with Crippen molar-refractivity contribution in [2.75, 3.05) is 33.0 Å². The normalized spacial score (nSPS) is 52.1. The van der Waals surface area contributed by atoms with E-state index in [1.54, 1.807) is 13.0 Å². The van der Waals surface area contributed by atoms with Gasteiger partial charge in [0.25, 0.3) is 0 Å². The number of aliphatic hydroxyl groups excluding tert-OH is 15. The molecule has 0 amide bonds. The quantitative estimate of drug-likeness (QED) is 0.0489. The Bertz CT molecular complexity index is 2290. The Morgan fingerprint density at radius 3 is 1.84 bits per heavy atom. The van der Waals surface area contributed by atoms with Crippen molar-refractivity contribution >= 4 is 5.78 Å². The monoisotopic (exact) mass is 1220 g/mol. The molecule has 5 aliphatic heterocycles. The fourth-order valence-electron chi connectivity index (χ4n) is 17.2. The maximum atomic E-state index is 14.8. The molecule has 33 unspecified atom stereocenters. The summed E-state index contributed by atoms with van der Waals surface area (Å²) in [6.07, 6.45) is -34.3. The second-order valence-electron chi connectivity index (χ2n) is 27.6. The molecule has 0 aromatic heterocycles. The van der Waals surface area contributed by atoms with E-state index in [1.165, 1.54) is 6.92 Å². The molecule has 4 saturated carbocycles. The molecule has 5 saturated heterocycles. The highest BCUT2D eigenvalue weighted by atomic mass is 16.8. The fourth-order valence-corrected chi connectivity index (χ4v) is 17.2. The zero-order chi connectivity index (χ0) is 62.4. The number of allylic oxidation sites excluding steroid dienone is 1. The zero-order valence-corrected chi connectivity index (χ0v) is 49.7. The number of hydrogen-bond acceptors (Lipinski definition) is 27. The van der Waals surface area contributed by atoms with Crippen LogP contribution in [0.15, 0.2) is 11.6 Å². The molecule has 0 bridgehead atoms. The van der Waals surface area contributed by atoms with Crippen molar-refractivity contribution in [1.82, 2.24) is 0 Å². The number of aliphatic hydroxyl groups is 16. The zero-order valence-electron chi connectivity index (χ0n) is 49.7. The van der Waals surface area contributed by atoms with Crippen molar-refractivity contribution in [3.8, 4) is 0 Å². The summed E-state index contributed by atoms with van der Waals surface area (Å²) in [5.41, 5.74) is -3.58. The fraction of sp³-hybridized carbons (Fsp3) is 0.948. The van der Waals surface area contributed by atoms with Gasteiger partial charge in [0.2, 0.25) is 0 Å². The van der Waals surface area contributed by atoms with Gasteiger partial charge in [-0.25, -0.2) is 0 Å². The van der Waals surface area contributed by atoms with Gasteiger partial charge in [-0.2, -0.15) is 0 Å². The molecule has 27 heteroatoms. The van der Waals surface area contributed by atoms with E-state index in [0.717, 1.165) is 5.57 Å². The Hall–Kier alpha value is -1.63. The van der Waals surface area contributed by atoms with Crippen LogP contribution in [0.3, 0.4) is 0 Å². The van der Waals surface area contributed by atoms with Gasteiger partial charge in [0.1, 0.15) is 110 Å². The Morgan fingerprint density at radius 1 is 0.612 bits per heavy atom. The van der Waals surface area contributed by atoms with Crippen LogP contribution in [0.1, 0.15) is 107 Å². The molecule has 85 heavy (non-hydrogen) atoms. The highest BCUT2D eigenvalue weighted by Crippen LogP contribution is 2.75. The molecular formula is C58H96O27. The summed E-state index contributed by atoms with van der Waals surface area (Å²) in [6, 6.07) is 0. The summed E-state index contributed by atoms with van der Waals surface area (Å²) in [7, 11) is 0. The smallest absolute Gasteiger partial charge is 0.187 e. The summed E-state index contributed by atoms with van der Waals surface area (Å²) < 4.78 is 61.2. The van der Waals surface area contributed by atoms with E-state index in [0.29, 0.717) is 38.5 Å². The van der Waals surface area contributed by atoms with Gasteiger partial charge in [0.15, 0.2) is 31.5 Å². The lowest BCUT2D eigenvalue weighted by atomic mass is 9.35. The molecule has 0 radical (unpaired) electrons. The predicted octanol–water partition coefficient (Wildman–Crippen LogP) is -3.92. The Labute approximate surface area is 494 Å². The Kier molecular flexibility index (Phi) is 20.6. The SMILES string of the molecule is CC(C)=CC(CC(C)(O)C1C(=O)CC2(CO)C1CCC1C3(C)CCC(OC4OCC(O)C(OC5OC(CO)C(O)C(O)C5OC5OCC(O)C(O)C5O)C4OC4OC(C)C(O)C(O)C4O)C(C)(C)C3CCC12C)OC1OC(CO)C(O)C(O)C1O. The van der Waals surface area contributed by atoms with Crippen molar-refractivity contribution in [3.05, 3.63) is 11.6 Å². The molecule has 0 spiro atoms. The number of rotatable bonds is 17. The Balaban J connectivity index is 0.960. The first-order valence-electron chi connectivity index (χ1n) is 30.2. The second kappa shape index (κ2) is 25.8. The molecular weight excluding hydrogens is 1130 g/mol. The number of carbonyl (C=O) groups is 1. The van der Waals surface area contributed by atoms with Crippen LogP contribution >= 0.6 is 0 Å². The summed E-state index contributed by atoms with van der Waals surface area (Å²) in [5.74, 6) is -1.66. The molecule has 9 fully saturated rings. The van der Waals surface area contributed by atoms with Crippen LogP contribution in [0.25, 0.3) is 0 Å². The van der Waals surface area contributed by atoms with E-state index >= 15 is 0 Å². The number of fused-ring (bicyclic) bond motifs is 5. The van der Waals surface area contributed by atoms with Crippen molar-refractivity contribution in [2.45, 2.75) is 266 Å². The molecule has 33 atom stereocenters.